The van der Waals surface area contributed by atoms with Gasteiger partial charge in [0.05, 0.1) is 10.6 Å². The number of benzene rings is 1. The summed E-state index contributed by atoms with van der Waals surface area (Å²) >= 11 is 6.09. The highest BCUT2D eigenvalue weighted by atomic mass is 35.5. The minimum absolute atomic E-state index is 0.185. The third-order valence-corrected chi connectivity index (χ3v) is 3.63. The Morgan fingerprint density at radius 1 is 1.08 bits per heavy atom. The Morgan fingerprint density at radius 3 is 2.79 bits per heavy atom. The Kier molecular flexibility index (Phi) is 3.51. The Morgan fingerprint density at radius 2 is 2.00 bits per heavy atom. The summed E-state index contributed by atoms with van der Waals surface area (Å²) in [6.45, 7) is 0. The van der Waals surface area contributed by atoms with Crippen LogP contribution in [0.1, 0.15) is 0 Å². The fourth-order valence-corrected chi connectivity index (χ4v) is 2.50. The van der Waals surface area contributed by atoms with Crippen molar-refractivity contribution in [2.24, 2.45) is 0 Å². The van der Waals surface area contributed by atoms with Crippen molar-refractivity contribution in [1.82, 2.24) is 29.9 Å². The zero-order valence-electron chi connectivity index (χ0n) is 12.0. The first-order chi connectivity index (χ1) is 11.7. The van der Waals surface area contributed by atoms with Gasteiger partial charge in [0.2, 0.25) is 0 Å². The first-order valence-corrected chi connectivity index (χ1v) is 7.28. The number of aromatic nitrogens is 6. The Labute approximate surface area is 140 Å². The van der Waals surface area contributed by atoms with Crippen LogP contribution < -0.4 is 5.32 Å². The minimum atomic E-state index is -0.472. The number of imidazole rings is 1. The van der Waals surface area contributed by atoms with Crippen LogP contribution in [0.25, 0.3) is 22.6 Å². The predicted molar refractivity (Wildman–Crippen MR) is 87.4 cm³/mol. The molecular weight excluding hydrogens is 333 g/mol. The molecule has 118 valence electrons. The summed E-state index contributed by atoms with van der Waals surface area (Å²) in [6.07, 6.45) is 4.38. The van der Waals surface area contributed by atoms with Gasteiger partial charge in [-0.05, 0) is 18.2 Å². The molecule has 7 nitrogen and oxygen atoms in total. The molecule has 0 aliphatic carbocycles. The van der Waals surface area contributed by atoms with E-state index in [9.17, 15) is 4.39 Å². The summed E-state index contributed by atoms with van der Waals surface area (Å²) in [6, 6.07) is 6.14. The summed E-state index contributed by atoms with van der Waals surface area (Å²) in [5.41, 5.74) is 1.09. The molecular formula is C15H9ClFN7. The lowest BCUT2D eigenvalue weighted by Crippen LogP contribution is -1.97. The van der Waals surface area contributed by atoms with Gasteiger partial charge in [-0.25, -0.2) is 29.3 Å². The molecule has 0 amide bonds. The van der Waals surface area contributed by atoms with Crippen LogP contribution >= 0.6 is 11.6 Å². The lowest BCUT2D eigenvalue weighted by atomic mass is 10.2. The van der Waals surface area contributed by atoms with Gasteiger partial charge in [0.1, 0.15) is 35.6 Å². The molecule has 0 spiro atoms. The van der Waals surface area contributed by atoms with Gasteiger partial charge in [-0.1, -0.05) is 17.7 Å². The Hall–Kier alpha value is -3.13. The average Bonchev–Trinajstić information content (AvgIpc) is 3.00. The van der Waals surface area contributed by atoms with Crippen molar-refractivity contribution in [1.29, 1.82) is 0 Å². The van der Waals surface area contributed by atoms with Crippen LogP contribution in [0.5, 0.6) is 0 Å². The number of anilines is 2. The highest BCUT2D eigenvalue weighted by Gasteiger charge is 2.16. The minimum Gasteiger partial charge on any atom is -0.333 e. The maximum absolute atomic E-state index is 14.1. The van der Waals surface area contributed by atoms with Gasteiger partial charge < -0.3 is 10.3 Å². The molecule has 0 fully saturated rings. The zero-order chi connectivity index (χ0) is 16.5. The third-order valence-electron chi connectivity index (χ3n) is 3.32. The second-order valence-electron chi connectivity index (χ2n) is 4.82. The largest absolute Gasteiger partial charge is 0.333 e. The number of hydrogen-bond donors (Lipinski definition) is 2. The van der Waals surface area contributed by atoms with Gasteiger partial charge in [-0.15, -0.1) is 0 Å². The molecule has 0 aliphatic rings. The number of rotatable bonds is 3. The molecule has 0 bridgehead atoms. The quantitative estimate of drug-likeness (QED) is 0.593. The predicted octanol–water partition coefficient (Wildman–Crippen LogP) is 3.35. The molecule has 0 saturated heterocycles. The fourth-order valence-electron chi connectivity index (χ4n) is 2.25. The molecule has 3 heterocycles. The normalized spacial score (nSPS) is 10.9. The second kappa shape index (κ2) is 5.82. The van der Waals surface area contributed by atoms with Crippen LogP contribution in [-0.4, -0.2) is 29.9 Å². The van der Waals surface area contributed by atoms with E-state index >= 15 is 0 Å². The first kappa shape index (κ1) is 14.5. The van der Waals surface area contributed by atoms with E-state index in [4.69, 9.17) is 11.6 Å². The summed E-state index contributed by atoms with van der Waals surface area (Å²) in [5, 5.41) is 3.30. The molecule has 0 atom stereocenters. The van der Waals surface area contributed by atoms with Crippen molar-refractivity contribution < 1.29 is 4.39 Å². The summed E-state index contributed by atoms with van der Waals surface area (Å²) in [4.78, 5) is 23.5. The van der Waals surface area contributed by atoms with Crippen LogP contribution in [-0.2, 0) is 0 Å². The first-order valence-electron chi connectivity index (χ1n) is 6.90. The monoisotopic (exact) mass is 341 g/mol. The maximum Gasteiger partial charge on any atom is 0.183 e. The highest BCUT2D eigenvalue weighted by Crippen LogP contribution is 2.31. The van der Waals surface area contributed by atoms with Crippen molar-refractivity contribution in [2.45, 2.75) is 0 Å². The molecule has 0 radical (unpaired) electrons. The molecule has 4 aromatic rings. The topological polar surface area (TPSA) is 92.3 Å². The number of halogens is 2. The van der Waals surface area contributed by atoms with E-state index in [0.29, 0.717) is 22.8 Å². The van der Waals surface area contributed by atoms with Crippen LogP contribution in [0.3, 0.4) is 0 Å². The van der Waals surface area contributed by atoms with E-state index in [0.717, 1.165) is 0 Å². The highest BCUT2D eigenvalue weighted by molar-refractivity contribution is 6.33. The van der Waals surface area contributed by atoms with Gasteiger partial charge in [-0.3, -0.25) is 0 Å². The standard InChI is InChI=1S/C15H9ClFN7/c16-8-2-1-3-9(17)11(8)13-23-12-14(20-7-21-15(12)24-13)22-10-4-5-18-6-19-10/h1-7H,(H2,18,19,20,21,22,23,24). The second-order valence-corrected chi connectivity index (χ2v) is 5.23. The molecule has 24 heavy (non-hydrogen) atoms. The van der Waals surface area contributed by atoms with E-state index in [1.807, 2.05) is 0 Å². The fraction of sp³-hybridized carbons (Fsp3) is 0. The third kappa shape index (κ3) is 2.52. The van der Waals surface area contributed by atoms with E-state index < -0.39 is 5.82 Å². The molecule has 1 aromatic carbocycles. The SMILES string of the molecule is Fc1cccc(Cl)c1-c1nc2ncnc(Nc3ccncn3)c2[nH]1. The van der Waals surface area contributed by atoms with Gasteiger partial charge in [0.15, 0.2) is 11.5 Å². The van der Waals surface area contributed by atoms with Crippen LogP contribution in [0.2, 0.25) is 5.02 Å². The Bertz CT molecular complexity index is 999. The zero-order valence-corrected chi connectivity index (χ0v) is 12.8. The van der Waals surface area contributed by atoms with E-state index in [1.165, 1.54) is 24.8 Å². The molecule has 0 aliphatic heterocycles. The number of nitrogens with zero attached hydrogens (tertiary/aromatic N) is 5. The number of fused-ring (bicyclic) bond motifs is 1. The van der Waals surface area contributed by atoms with E-state index in [-0.39, 0.29) is 16.4 Å². The molecule has 9 heteroatoms. The van der Waals surface area contributed by atoms with Crippen LogP contribution in [0.4, 0.5) is 16.0 Å². The maximum atomic E-state index is 14.1. The Balaban J connectivity index is 1.83. The average molecular weight is 342 g/mol. The van der Waals surface area contributed by atoms with Gasteiger partial charge in [0.25, 0.3) is 0 Å². The molecule has 0 unspecified atom stereocenters. The lowest BCUT2D eigenvalue weighted by molar-refractivity contribution is 0.630. The van der Waals surface area contributed by atoms with Crippen molar-refractivity contribution >= 4 is 34.4 Å². The van der Waals surface area contributed by atoms with Gasteiger partial charge in [-0.2, -0.15) is 0 Å². The van der Waals surface area contributed by atoms with Crippen molar-refractivity contribution in [3.63, 3.8) is 0 Å². The van der Waals surface area contributed by atoms with E-state index in [1.54, 1.807) is 18.3 Å². The smallest absolute Gasteiger partial charge is 0.183 e. The summed E-state index contributed by atoms with van der Waals surface area (Å²) in [7, 11) is 0. The summed E-state index contributed by atoms with van der Waals surface area (Å²) < 4.78 is 14.1. The van der Waals surface area contributed by atoms with E-state index in [2.05, 4.69) is 35.2 Å². The number of H-pyrrole nitrogens is 1. The van der Waals surface area contributed by atoms with Crippen molar-refractivity contribution in [3.05, 3.63) is 54.0 Å². The van der Waals surface area contributed by atoms with Crippen molar-refractivity contribution in [2.75, 3.05) is 5.32 Å². The van der Waals surface area contributed by atoms with Crippen LogP contribution in [0, 0.1) is 5.82 Å². The van der Waals surface area contributed by atoms with Crippen LogP contribution in [0.15, 0.2) is 43.1 Å². The van der Waals surface area contributed by atoms with Crippen molar-refractivity contribution in [3.8, 4) is 11.4 Å². The number of nitrogens with one attached hydrogen (secondary N) is 2. The molecule has 4 rings (SSSR count). The molecule has 2 N–H and O–H groups in total. The molecule has 3 aromatic heterocycles. The number of aromatic amines is 1. The van der Waals surface area contributed by atoms with Gasteiger partial charge >= 0.3 is 0 Å². The van der Waals surface area contributed by atoms with Gasteiger partial charge in [0, 0.05) is 6.20 Å². The lowest BCUT2D eigenvalue weighted by Gasteiger charge is -2.04. The summed E-state index contributed by atoms with van der Waals surface area (Å²) in [5.74, 6) is 0.828. The molecule has 0 saturated carbocycles. The number of hydrogen-bond acceptors (Lipinski definition) is 6.